The van der Waals surface area contributed by atoms with Crippen molar-refractivity contribution < 1.29 is 9.59 Å². The highest BCUT2D eigenvalue weighted by Crippen LogP contribution is 2.24. The van der Waals surface area contributed by atoms with Gasteiger partial charge in [0, 0.05) is 35.8 Å². The maximum absolute atomic E-state index is 13.8. The largest absolute Gasteiger partial charge is 0.375 e. The minimum atomic E-state index is -0.223. The number of hydrogen-bond donors (Lipinski definition) is 1. The Balaban J connectivity index is 1.39. The van der Waals surface area contributed by atoms with Crippen LogP contribution in [0.1, 0.15) is 27.2 Å². The number of aromatic nitrogens is 2. The zero-order valence-corrected chi connectivity index (χ0v) is 22.7. The van der Waals surface area contributed by atoms with E-state index in [1.807, 2.05) is 96.4 Å². The molecule has 40 heavy (non-hydrogen) atoms. The van der Waals surface area contributed by atoms with Gasteiger partial charge in [0.1, 0.15) is 6.54 Å². The summed E-state index contributed by atoms with van der Waals surface area (Å²) in [6.45, 7) is 0.985. The number of hydrogen-bond acceptors (Lipinski definition) is 6. The predicted octanol–water partition coefficient (Wildman–Crippen LogP) is 5.66. The van der Waals surface area contributed by atoms with Crippen molar-refractivity contribution in [1.82, 2.24) is 19.8 Å². The number of thiazole rings is 1. The molecule has 2 heterocycles. The van der Waals surface area contributed by atoms with E-state index < -0.39 is 0 Å². The lowest BCUT2D eigenvalue weighted by Crippen LogP contribution is -2.42. The van der Waals surface area contributed by atoms with Gasteiger partial charge in [-0.3, -0.25) is 14.6 Å². The number of rotatable bonds is 10. The van der Waals surface area contributed by atoms with Crippen molar-refractivity contribution in [1.29, 1.82) is 0 Å². The van der Waals surface area contributed by atoms with Crippen molar-refractivity contribution in [3.8, 4) is 11.3 Å². The van der Waals surface area contributed by atoms with Crippen LogP contribution in [0.4, 0.5) is 5.13 Å². The standard InChI is InChI=1S/C32H29N5O2S/c33-32-35-29(23-40-32)26-14-16-27(17-15-26)31(39)37(20-25-11-5-2-6-12-25)22-30(38)36(19-24-9-3-1-4-10-24)21-28-13-7-8-18-34-28/h1-18,23H,19-22H2,(H2,33,35). The SMILES string of the molecule is Nc1nc(-c2ccc(C(=O)N(CC(=O)N(Cc3ccccc3)Cc3ccccn3)Cc3ccccc3)cc2)cs1. The van der Waals surface area contributed by atoms with Gasteiger partial charge in [-0.15, -0.1) is 11.3 Å². The van der Waals surface area contributed by atoms with E-state index in [9.17, 15) is 9.59 Å². The van der Waals surface area contributed by atoms with Crippen LogP contribution >= 0.6 is 11.3 Å². The number of anilines is 1. The first kappa shape index (κ1) is 26.8. The first-order valence-electron chi connectivity index (χ1n) is 12.9. The molecule has 2 amide bonds. The average Bonchev–Trinajstić information content (AvgIpc) is 3.44. The number of nitrogen functional groups attached to an aromatic ring is 1. The third-order valence-corrected chi connectivity index (χ3v) is 7.10. The molecule has 2 aromatic heterocycles. The Labute approximate surface area is 237 Å². The van der Waals surface area contributed by atoms with Gasteiger partial charge in [-0.25, -0.2) is 4.98 Å². The normalized spacial score (nSPS) is 10.7. The third-order valence-electron chi connectivity index (χ3n) is 6.43. The van der Waals surface area contributed by atoms with E-state index in [0.29, 0.717) is 30.3 Å². The van der Waals surface area contributed by atoms with E-state index in [-0.39, 0.29) is 18.4 Å². The lowest BCUT2D eigenvalue weighted by Gasteiger charge is -2.28. The van der Waals surface area contributed by atoms with E-state index >= 15 is 0 Å². The quantitative estimate of drug-likeness (QED) is 0.244. The van der Waals surface area contributed by atoms with Crippen LogP contribution in [0, 0.1) is 0 Å². The van der Waals surface area contributed by atoms with E-state index in [1.54, 1.807) is 28.1 Å². The summed E-state index contributed by atoms with van der Waals surface area (Å²) in [5, 5.41) is 2.38. The van der Waals surface area contributed by atoms with Crippen molar-refractivity contribution in [3.63, 3.8) is 0 Å². The Bertz CT molecular complexity index is 1500. The molecule has 200 valence electrons. The second-order valence-corrected chi connectivity index (χ2v) is 10.2. The topological polar surface area (TPSA) is 92.4 Å². The molecule has 0 radical (unpaired) electrons. The van der Waals surface area contributed by atoms with Crippen LogP contribution < -0.4 is 5.73 Å². The number of carbonyl (C=O) groups is 2. The Morgan fingerprint density at radius 2 is 1.35 bits per heavy atom. The molecule has 3 aromatic carbocycles. The lowest BCUT2D eigenvalue weighted by molar-refractivity contribution is -0.133. The molecular formula is C32H29N5O2S. The van der Waals surface area contributed by atoms with Crippen LogP contribution in [-0.2, 0) is 24.4 Å². The summed E-state index contributed by atoms with van der Waals surface area (Å²) in [7, 11) is 0. The number of nitrogens with two attached hydrogens (primary N) is 1. The van der Waals surface area contributed by atoms with Gasteiger partial charge in [-0.1, -0.05) is 78.9 Å². The molecule has 0 aliphatic heterocycles. The van der Waals surface area contributed by atoms with Crippen molar-refractivity contribution in [3.05, 3.63) is 137 Å². The Morgan fingerprint density at radius 1 is 0.725 bits per heavy atom. The highest BCUT2D eigenvalue weighted by Gasteiger charge is 2.23. The number of nitrogens with zero attached hydrogens (tertiary/aromatic N) is 4. The second kappa shape index (κ2) is 12.8. The molecule has 0 atom stereocenters. The molecule has 0 aliphatic carbocycles. The number of pyridine rings is 1. The van der Waals surface area contributed by atoms with Crippen LogP contribution in [0.5, 0.6) is 0 Å². The van der Waals surface area contributed by atoms with E-state index in [1.165, 1.54) is 11.3 Å². The average molecular weight is 548 g/mol. The van der Waals surface area contributed by atoms with Gasteiger partial charge in [0.15, 0.2) is 5.13 Å². The molecule has 0 aliphatic rings. The first-order chi connectivity index (χ1) is 19.5. The minimum absolute atomic E-state index is 0.0717. The number of carbonyl (C=O) groups excluding carboxylic acids is 2. The summed E-state index contributed by atoms with van der Waals surface area (Å²) in [5.41, 5.74) is 10.7. The van der Waals surface area contributed by atoms with Gasteiger partial charge in [0.25, 0.3) is 5.91 Å². The van der Waals surface area contributed by atoms with Gasteiger partial charge in [-0.05, 0) is 35.4 Å². The zero-order valence-electron chi connectivity index (χ0n) is 21.9. The monoisotopic (exact) mass is 547 g/mol. The number of benzene rings is 3. The third kappa shape index (κ3) is 6.98. The predicted molar refractivity (Wildman–Crippen MR) is 158 cm³/mol. The molecule has 0 saturated carbocycles. The highest BCUT2D eigenvalue weighted by atomic mass is 32.1. The molecule has 0 unspecified atom stereocenters. The van der Waals surface area contributed by atoms with Gasteiger partial charge in [0.2, 0.25) is 5.91 Å². The fourth-order valence-electron chi connectivity index (χ4n) is 4.38. The molecule has 0 fully saturated rings. The molecule has 0 bridgehead atoms. The molecule has 7 nitrogen and oxygen atoms in total. The highest BCUT2D eigenvalue weighted by molar-refractivity contribution is 7.13. The van der Waals surface area contributed by atoms with Gasteiger partial charge >= 0.3 is 0 Å². The summed E-state index contributed by atoms with van der Waals surface area (Å²) < 4.78 is 0. The minimum Gasteiger partial charge on any atom is -0.375 e. The molecule has 2 N–H and O–H groups in total. The van der Waals surface area contributed by atoms with Crippen molar-refractivity contribution >= 4 is 28.3 Å². The smallest absolute Gasteiger partial charge is 0.254 e. The second-order valence-electron chi connectivity index (χ2n) is 9.35. The van der Waals surface area contributed by atoms with Crippen LogP contribution in [0.3, 0.4) is 0 Å². The Kier molecular flexibility index (Phi) is 8.58. The molecular weight excluding hydrogens is 518 g/mol. The van der Waals surface area contributed by atoms with Crippen molar-refractivity contribution in [2.75, 3.05) is 12.3 Å². The van der Waals surface area contributed by atoms with Crippen molar-refractivity contribution in [2.45, 2.75) is 19.6 Å². The molecule has 5 rings (SSSR count). The fourth-order valence-corrected chi connectivity index (χ4v) is 4.95. The summed E-state index contributed by atoms with van der Waals surface area (Å²) in [5.74, 6) is -0.382. The first-order valence-corrected chi connectivity index (χ1v) is 13.8. The van der Waals surface area contributed by atoms with Gasteiger partial charge < -0.3 is 15.5 Å². The molecule has 5 aromatic rings. The molecule has 8 heteroatoms. The Hall–Kier alpha value is -4.82. The van der Waals surface area contributed by atoms with Crippen LogP contribution in [-0.4, -0.2) is 38.1 Å². The maximum atomic E-state index is 13.8. The van der Waals surface area contributed by atoms with Crippen LogP contribution in [0.2, 0.25) is 0 Å². The fraction of sp³-hybridized carbons (Fsp3) is 0.125. The lowest BCUT2D eigenvalue weighted by atomic mass is 10.1. The van der Waals surface area contributed by atoms with E-state index in [4.69, 9.17) is 5.73 Å². The van der Waals surface area contributed by atoms with E-state index in [0.717, 1.165) is 28.1 Å². The van der Waals surface area contributed by atoms with Crippen LogP contribution in [0.15, 0.2) is 115 Å². The number of amides is 2. The summed E-state index contributed by atoms with van der Waals surface area (Å²) >= 11 is 1.37. The Morgan fingerprint density at radius 3 is 1.93 bits per heavy atom. The maximum Gasteiger partial charge on any atom is 0.254 e. The van der Waals surface area contributed by atoms with Crippen LogP contribution in [0.25, 0.3) is 11.3 Å². The van der Waals surface area contributed by atoms with Gasteiger partial charge in [-0.2, -0.15) is 0 Å². The summed E-state index contributed by atoms with van der Waals surface area (Å²) in [4.78, 5) is 39.7. The molecule has 0 spiro atoms. The van der Waals surface area contributed by atoms with Gasteiger partial charge in [0.05, 0.1) is 17.9 Å². The molecule has 0 saturated heterocycles. The van der Waals surface area contributed by atoms with E-state index in [2.05, 4.69) is 9.97 Å². The van der Waals surface area contributed by atoms with Crippen molar-refractivity contribution in [2.24, 2.45) is 0 Å². The summed E-state index contributed by atoms with van der Waals surface area (Å²) in [6.07, 6.45) is 1.72. The summed E-state index contributed by atoms with van der Waals surface area (Å²) in [6, 6.07) is 32.4. The zero-order chi connectivity index (χ0) is 27.7.